The zero-order valence-corrected chi connectivity index (χ0v) is 20.7. The van der Waals surface area contributed by atoms with Crippen molar-refractivity contribution >= 4 is 28.2 Å². The lowest BCUT2D eigenvalue weighted by atomic mass is 9.92. The Morgan fingerprint density at radius 2 is 2.00 bits per heavy atom. The van der Waals surface area contributed by atoms with E-state index in [1.54, 1.807) is 18.5 Å². The summed E-state index contributed by atoms with van der Waals surface area (Å²) in [6.07, 6.45) is 3.87. The summed E-state index contributed by atoms with van der Waals surface area (Å²) in [5.74, 6) is 0.506. The predicted molar refractivity (Wildman–Crippen MR) is 131 cm³/mol. The number of fused-ring (bicyclic) bond motifs is 3. The van der Waals surface area contributed by atoms with E-state index in [1.807, 2.05) is 13.1 Å². The molecule has 0 amide bonds. The average molecular weight is 483 g/mol. The maximum atomic E-state index is 14.5. The van der Waals surface area contributed by atoms with E-state index in [0.29, 0.717) is 41.5 Å². The van der Waals surface area contributed by atoms with Gasteiger partial charge >= 0.3 is 0 Å². The number of piperidine rings is 1. The number of methoxy groups -OCH3 is 1. The third-order valence-corrected chi connectivity index (χ3v) is 6.61. The van der Waals surface area contributed by atoms with Crippen LogP contribution in [0.1, 0.15) is 51.0 Å². The van der Waals surface area contributed by atoms with Gasteiger partial charge in [-0.05, 0) is 46.6 Å². The topological polar surface area (TPSA) is 120 Å². The van der Waals surface area contributed by atoms with Crippen molar-refractivity contribution in [1.82, 2.24) is 29.4 Å². The molecule has 1 aliphatic rings. The number of nitrogen functional groups attached to an aromatic ring is 1. The Hall–Kier alpha value is -3.47. The van der Waals surface area contributed by atoms with Crippen LogP contribution in [0.5, 0.6) is 5.75 Å². The Bertz CT molecular complexity index is 1410. The van der Waals surface area contributed by atoms with E-state index < -0.39 is 11.4 Å². The largest absolute Gasteiger partial charge is 0.494 e. The fourth-order valence-electron chi connectivity index (χ4n) is 4.90. The highest BCUT2D eigenvalue weighted by molar-refractivity contribution is 5.93. The molecule has 2 atom stereocenters. The first-order valence-corrected chi connectivity index (χ1v) is 11.8. The van der Waals surface area contributed by atoms with E-state index in [0.717, 1.165) is 24.2 Å². The molecule has 5 rings (SSSR count). The van der Waals surface area contributed by atoms with Gasteiger partial charge in [-0.25, -0.2) is 14.4 Å². The highest BCUT2D eigenvalue weighted by atomic mass is 19.1. The standard InChI is InChI=1S/C24H31FN8O2/c1-13-6-7-15(10-32(13)19-11-31(29-14(19)2)12-24(3,4)34)21-28-22-16-8-17(25)20(35-5)9-18(16)27-23(26)33(22)30-21/h8-9,11,13,15,34H,6-7,10,12H2,1-5H3,(H2,26,27). The second-order valence-electron chi connectivity index (χ2n) is 10.1. The fraction of sp³-hybridized carbons (Fsp3) is 0.500. The third-order valence-electron chi connectivity index (χ3n) is 6.61. The molecular formula is C24H31FN8O2. The minimum absolute atomic E-state index is 0.0562. The van der Waals surface area contributed by atoms with Gasteiger partial charge in [0.05, 0.1) is 36.2 Å². The lowest BCUT2D eigenvalue weighted by molar-refractivity contribution is 0.0577. The van der Waals surface area contributed by atoms with Crippen molar-refractivity contribution in [3.05, 3.63) is 35.7 Å². The number of nitrogens with two attached hydrogens (primary N) is 1. The molecule has 2 unspecified atom stereocenters. The van der Waals surface area contributed by atoms with E-state index in [1.165, 1.54) is 23.8 Å². The van der Waals surface area contributed by atoms with E-state index in [2.05, 4.69) is 27.0 Å². The predicted octanol–water partition coefficient (Wildman–Crippen LogP) is 3.06. The molecule has 3 N–H and O–H groups in total. The molecule has 1 saturated heterocycles. The zero-order chi connectivity index (χ0) is 25.1. The minimum Gasteiger partial charge on any atom is -0.494 e. The molecule has 1 aromatic carbocycles. The van der Waals surface area contributed by atoms with Gasteiger partial charge in [0, 0.05) is 36.2 Å². The summed E-state index contributed by atoms with van der Waals surface area (Å²) in [5.41, 5.74) is 8.25. The Labute approximate surface area is 202 Å². The van der Waals surface area contributed by atoms with Crippen molar-refractivity contribution in [2.45, 2.75) is 64.6 Å². The maximum absolute atomic E-state index is 14.5. The summed E-state index contributed by atoms with van der Waals surface area (Å²) < 4.78 is 22.8. The number of anilines is 2. The monoisotopic (exact) mass is 482 g/mol. The molecule has 0 bridgehead atoms. The molecule has 4 aromatic rings. The van der Waals surface area contributed by atoms with Crippen LogP contribution in [-0.4, -0.2) is 59.8 Å². The van der Waals surface area contributed by atoms with Gasteiger partial charge in [-0.2, -0.15) is 9.61 Å². The van der Waals surface area contributed by atoms with Crippen molar-refractivity contribution in [2.75, 3.05) is 24.3 Å². The van der Waals surface area contributed by atoms with Gasteiger partial charge in [0.2, 0.25) is 5.95 Å². The first-order chi connectivity index (χ1) is 16.5. The SMILES string of the molecule is COc1cc2nc(N)n3nc(C4CCC(C)N(c5cn(CC(C)(C)O)nc5C)C4)nc3c2cc1F. The first-order valence-electron chi connectivity index (χ1n) is 11.8. The number of aryl methyl sites for hydroxylation is 1. The molecule has 0 aliphatic carbocycles. The number of aromatic nitrogens is 6. The maximum Gasteiger partial charge on any atom is 0.223 e. The van der Waals surface area contributed by atoms with E-state index in [4.69, 9.17) is 15.5 Å². The molecule has 3 aromatic heterocycles. The number of hydrogen-bond donors (Lipinski definition) is 2. The van der Waals surface area contributed by atoms with Gasteiger partial charge in [0.15, 0.2) is 23.0 Å². The molecule has 0 radical (unpaired) electrons. The van der Waals surface area contributed by atoms with Crippen LogP contribution in [-0.2, 0) is 6.54 Å². The summed E-state index contributed by atoms with van der Waals surface area (Å²) in [5, 5.41) is 20.0. The van der Waals surface area contributed by atoms with Crippen LogP contribution < -0.4 is 15.4 Å². The highest BCUT2D eigenvalue weighted by Gasteiger charge is 2.31. The number of nitrogens with zero attached hydrogens (tertiary/aromatic N) is 7. The number of hydrogen-bond acceptors (Lipinski definition) is 8. The molecule has 1 fully saturated rings. The normalized spacial score (nSPS) is 19.1. The summed E-state index contributed by atoms with van der Waals surface area (Å²) in [4.78, 5) is 11.5. The summed E-state index contributed by atoms with van der Waals surface area (Å²) in [6.45, 7) is 8.84. The van der Waals surface area contributed by atoms with Crippen molar-refractivity contribution in [1.29, 1.82) is 0 Å². The third kappa shape index (κ3) is 4.24. The summed E-state index contributed by atoms with van der Waals surface area (Å²) in [6, 6.07) is 3.20. The van der Waals surface area contributed by atoms with Gasteiger partial charge in [-0.1, -0.05) is 0 Å². The summed E-state index contributed by atoms with van der Waals surface area (Å²) >= 11 is 0. The van der Waals surface area contributed by atoms with Crippen LogP contribution in [0.3, 0.4) is 0 Å². The van der Waals surface area contributed by atoms with Crippen LogP contribution in [0.25, 0.3) is 16.6 Å². The second-order valence-corrected chi connectivity index (χ2v) is 10.1. The van der Waals surface area contributed by atoms with Crippen LogP contribution in [0.4, 0.5) is 16.0 Å². The number of halogens is 1. The van der Waals surface area contributed by atoms with E-state index >= 15 is 0 Å². The smallest absolute Gasteiger partial charge is 0.223 e. The Morgan fingerprint density at radius 3 is 2.71 bits per heavy atom. The highest BCUT2D eigenvalue weighted by Crippen LogP contribution is 2.35. The minimum atomic E-state index is -0.855. The second kappa shape index (κ2) is 8.33. The van der Waals surface area contributed by atoms with E-state index in [-0.39, 0.29) is 17.6 Å². The van der Waals surface area contributed by atoms with Crippen LogP contribution >= 0.6 is 0 Å². The molecule has 0 saturated carbocycles. The van der Waals surface area contributed by atoms with Gasteiger partial charge in [0.1, 0.15) is 0 Å². The van der Waals surface area contributed by atoms with Crippen LogP contribution in [0.15, 0.2) is 18.3 Å². The van der Waals surface area contributed by atoms with Crippen molar-refractivity contribution in [3.63, 3.8) is 0 Å². The van der Waals surface area contributed by atoms with Gasteiger partial charge < -0.3 is 20.5 Å². The molecule has 35 heavy (non-hydrogen) atoms. The Morgan fingerprint density at radius 1 is 1.23 bits per heavy atom. The van der Waals surface area contributed by atoms with Gasteiger partial charge in [-0.15, -0.1) is 5.10 Å². The summed E-state index contributed by atoms with van der Waals surface area (Å²) in [7, 11) is 1.41. The first kappa shape index (κ1) is 23.3. The molecule has 11 heteroatoms. The average Bonchev–Trinajstić information content (AvgIpc) is 3.37. The molecule has 4 heterocycles. The Balaban J connectivity index is 1.50. The van der Waals surface area contributed by atoms with Crippen LogP contribution in [0.2, 0.25) is 0 Å². The molecular weight excluding hydrogens is 451 g/mol. The molecule has 186 valence electrons. The molecule has 0 spiro atoms. The molecule has 10 nitrogen and oxygen atoms in total. The molecule has 1 aliphatic heterocycles. The van der Waals surface area contributed by atoms with Gasteiger partial charge in [-0.3, -0.25) is 4.68 Å². The number of rotatable bonds is 5. The van der Waals surface area contributed by atoms with Crippen LogP contribution in [0, 0.1) is 12.7 Å². The van der Waals surface area contributed by atoms with Gasteiger partial charge in [0.25, 0.3) is 0 Å². The van der Waals surface area contributed by atoms with Crippen molar-refractivity contribution < 1.29 is 14.2 Å². The fourth-order valence-corrected chi connectivity index (χ4v) is 4.90. The zero-order valence-electron chi connectivity index (χ0n) is 20.7. The van der Waals surface area contributed by atoms with Crippen molar-refractivity contribution in [2.24, 2.45) is 0 Å². The number of aliphatic hydroxyl groups is 1. The van der Waals surface area contributed by atoms with E-state index in [9.17, 15) is 9.50 Å². The number of ether oxygens (including phenoxy) is 1. The quantitative estimate of drug-likeness (QED) is 0.445. The Kier molecular flexibility index (Phi) is 5.54. The lowest BCUT2D eigenvalue weighted by Gasteiger charge is -2.38. The lowest BCUT2D eigenvalue weighted by Crippen LogP contribution is -2.41. The number of benzene rings is 1. The van der Waals surface area contributed by atoms with Crippen molar-refractivity contribution in [3.8, 4) is 5.75 Å².